The molecule has 0 aliphatic carbocycles. The van der Waals surface area contributed by atoms with Crippen molar-refractivity contribution in [1.29, 1.82) is 0 Å². The van der Waals surface area contributed by atoms with E-state index in [9.17, 15) is 4.79 Å². The summed E-state index contributed by atoms with van der Waals surface area (Å²) in [4.78, 5) is 17.5. The zero-order valence-corrected chi connectivity index (χ0v) is 16.9. The van der Waals surface area contributed by atoms with E-state index in [1.807, 2.05) is 42.5 Å². The summed E-state index contributed by atoms with van der Waals surface area (Å²) < 4.78 is 5.45. The van der Waals surface area contributed by atoms with Crippen LogP contribution in [0, 0.1) is 0 Å². The van der Waals surface area contributed by atoms with E-state index < -0.39 is 0 Å². The highest BCUT2D eigenvalue weighted by Gasteiger charge is 2.20. The largest absolute Gasteiger partial charge is 0.379 e. The van der Waals surface area contributed by atoms with Crippen molar-refractivity contribution >= 4 is 11.6 Å². The zero-order valence-electron chi connectivity index (χ0n) is 16.9. The van der Waals surface area contributed by atoms with Crippen molar-refractivity contribution in [2.45, 2.75) is 19.9 Å². The van der Waals surface area contributed by atoms with Crippen LogP contribution in [0.15, 0.2) is 54.6 Å². The molecule has 0 bridgehead atoms. The number of carbonyl (C=O) groups is 1. The van der Waals surface area contributed by atoms with E-state index in [1.54, 1.807) is 0 Å². The van der Waals surface area contributed by atoms with Gasteiger partial charge in [0, 0.05) is 44.0 Å². The monoisotopic (exact) mass is 381 g/mol. The molecule has 3 rings (SSSR count). The number of hydrogen-bond acceptors (Lipinski definition) is 4. The third-order valence-corrected chi connectivity index (χ3v) is 5.31. The Balaban J connectivity index is 1.71. The fourth-order valence-corrected chi connectivity index (χ4v) is 3.62. The van der Waals surface area contributed by atoms with Crippen LogP contribution in [0.5, 0.6) is 0 Å². The second kappa shape index (κ2) is 10.2. The van der Waals surface area contributed by atoms with E-state index in [1.165, 1.54) is 0 Å². The summed E-state index contributed by atoms with van der Waals surface area (Å²) in [5.74, 6) is -0.0341. The first kappa shape index (κ1) is 20.4. The maximum absolute atomic E-state index is 12.9. The van der Waals surface area contributed by atoms with Crippen molar-refractivity contribution < 1.29 is 9.53 Å². The standard InChI is InChI=1S/C23H31N3O2/c1-3-26(4-2)21-12-10-20(11-13-21)23(27)24-22(19-8-6-5-7-9-19)18-25-14-16-28-17-15-25/h5-13,22H,3-4,14-18H2,1-2H3,(H,24,27). The second-order valence-electron chi connectivity index (χ2n) is 7.07. The maximum atomic E-state index is 12.9. The molecule has 1 saturated heterocycles. The number of nitrogens with one attached hydrogen (secondary N) is 1. The van der Waals surface area contributed by atoms with Crippen molar-refractivity contribution in [3.05, 3.63) is 65.7 Å². The number of benzene rings is 2. The molecule has 1 N–H and O–H groups in total. The minimum atomic E-state index is -0.0470. The molecule has 5 heteroatoms. The van der Waals surface area contributed by atoms with Crippen LogP contribution in [-0.2, 0) is 4.74 Å². The van der Waals surface area contributed by atoms with Gasteiger partial charge >= 0.3 is 0 Å². The van der Waals surface area contributed by atoms with Gasteiger partial charge in [-0.05, 0) is 43.7 Å². The molecule has 2 aromatic rings. The first-order chi connectivity index (χ1) is 13.7. The van der Waals surface area contributed by atoms with Crippen LogP contribution >= 0.6 is 0 Å². The molecule has 1 aliphatic heterocycles. The van der Waals surface area contributed by atoms with Crippen LogP contribution in [0.1, 0.15) is 35.8 Å². The number of hydrogen-bond donors (Lipinski definition) is 1. The van der Waals surface area contributed by atoms with Crippen LogP contribution in [-0.4, -0.2) is 56.7 Å². The molecule has 150 valence electrons. The lowest BCUT2D eigenvalue weighted by atomic mass is 10.0. The highest BCUT2D eigenvalue weighted by Crippen LogP contribution is 2.18. The molecule has 1 heterocycles. The Kier molecular flexibility index (Phi) is 7.46. The molecule has 0 saturated carbocycles. The maximum Gasteiger partial charge on any atom is 0.251 e. The Morgan fingerprint density at radius 3 is 2.29 bits per heavy atom. The summed E-state index contributed by atoms with van der Waals surface area (Å²) in [5, 5.41) is 3.24. The smallest absolute Gasteiger partial charge is 0.251 e. The SMILES string of the molecule is CCN(CC)c1ccc(C(=O)NC(CN2CCOCC2)c2ccccc2)cc1. The van der Waals surface area contributed by atoms with E-state index in [0.29, 0.717) is 5.56 Å². The van der Waals surface area contributed by atoms with Crippen LogP contribution < -0.4 is 10.2 Å². The summed E-state index contributed by atoms with van der Waals surface area (Å²) in [6.45, 7) is 10.3. The average Bonchev–Trinajstić information content (AvgIpc) is 2.76. The van der Waals surface area contributed by atoms with Gasteiger partial charge in [0.05, 0.1) is 19.3 Å². The van der Waals surface area contributed by atoms with E-state index in [-0.39, 0.29) is 11.9 Å². The lowest BCUT2D eigenvalue weighted by molar-refractivity contribution is 0.0332. The van der Waals surface area contributed by atoms with Gasteiger partial charge < -0.3 is 15.0 Å². The van der Waals surface area contributed by atoms with Gasteiger partial charge in [0.15, 0.2) is 0 Å². The molecule has 0 radical (unpaired) electrons. The second-order valence-corrected chi connectivity index (χ2v) is 7.07. The highest BCUT2D eigenvalue weighted by atomic mass is 16.5. The molecule has 5 nitrogen and oxygen atoms in total. The minimum absolute atomic E-state index is 0.0341. The predicted octanol–water partition coefficient (Wildman–Crippen LogP) is 3.34. The molecule has 1 atom stereocenters. The summed E-state index contributed by atoms with van der Waals surface area (Å²) in [5.41, 5.74) is 2.97. The van der Waals surface area contributed by atoms with Crippen LogP contribution in [0.4, 0.5) is 5.69 Å². The Hall–Kier alpha value is -2.37. The van der Waals surface area contributed by atoms with Gasteiger partial charge in [-0.1, -0.05) is 30.3 Å². The Morgan fingerprint density at radius 2 is 1.68 bits per heavy atom. The predicted molar refractivity (Wildman–Crippen MR) is 114 cm³/mol. The van der Waals surface area contributed by atoms with Crippen molar-refractivity contribution in [2.75, 3.05) is 50.8 Å². The molecular weight excluding hydrogens is 350 g/mol. The van der Waals surface area contributed by atoms with Crippen molar-refractivity contribution in [3.8, 4) is 0 Å². The Labute approximate surface area is 168 Å². The lowest BCUT2D eigenvalue weighted by Crippen LogP contribution is -2.43. The Bertz CT molecular complexity index is 723. The van der Waals surface area contributed by atoms with Gasteiger partial charge in [-0.2, -0.15) is 0 Å². The fraction of sp³-hybridized carbons (Fsp3) is 0.435. The van der Waals surface area contributed by atoms with Crippen LogP contribution in [0.25, 0.3) is 0 Å². The summed E-state index contributed by atoms with van der Waals surface area (Å²) in [7, 11) is 0. The van der Waals surface area contributed by atoms with Crippen molar-refractivity contribution in [1.82, 2.24) is 10.2 Å². The zero-order chi connectivity index (χ0) is 19.8. The van der Waals surface area contributed by atoms with Crippen LogP contribution in [0.3, 0.4) is 0 Å². The molecule has 1 aliphatic rings. The summed E-state index contributed by atoms with van der Waals surface area (Å²) in [6.07, 6.45) is 0. The molecule has 0 spiro atoms. The third kappa shape index (κ3) is 5.33. The molecule has 2 aromatic carbocycles. The molecule has 28 heavy (non-hydrogen) atoms. The molecule has 1 fully saturated rings. The topological polar surface area (TPSA) is 44.8 Å². The van der Waals surface area contributed by atoms with Crippen LogP contribution in [0.2, 0.25) is 0 Å². The number of amides is 1. The number of anilines is 1. The van der Waals surface area contributed by atoms with Gasteiger partial charge in [-0.25, -0.2) is 0 Å². The van der Waals surface area contributed by atoms with Gasteiger partial charge in [0.1, 0.15) is 0 Å². The minimum Gasteiger partial charge on any atom is -0.379 e. The summed E-state index contributed by atoms with van der Waals surface area (Å²) in [6, 6.07) is 18.0. The van der Waals surface area contributed by atoms with Crippen molar-refractivity contribution in [3.63, 3.8) is 0 Å². The molecule has 1 unspecified atom stereocenters. The third-order valence-electron chi connectivity index (χ3n) is 5.31. The normalized spacial score (nSPS) is 15.8. The van der Waals surface area contributed by atoms with Crippen molar-refractivity contribution in [2.24, 2.45) is 0 Å². The lowest BCUT2D eigenvalue weighted by Gasteiger charge is -2.31. The first-order valence-corrected chi connectivity index (χ1v) is 10.2. The number of ether oxygens (including phenoxy) is 1. The van der Waals surface area contributed by atoms with E-state index in [0.717, 1.165) is 57.2 Å². The molecule has 1 amide bonds. The quantitative estimate of drug-likeness (QED) is 0.762. The van der Waals surface area contributed by atoms with Gasteiger partial charge in [-0.3, -0.25) is 9.69 Å². The molecular formula is C23H31N3O2. The fourth-order valence-electron chi connectivity index (χ4n) is 3.62. The average molecular weight is 382 g/mol. The highest BCUT2D eigenvalue weighted by molar-refractivity contribution is 5.94. The van der Waals surface area contributed by atoms with E-state index in [2.05, 4.69) is 41.1 Å². The molecule has 0 aromatic heterocycles. The van der Waals surface area contributed by atoms with Gasteiger partial charge in [-0.15, -0.1) is 0 Å². The number of nitrogens with zero attached hydrogens (tertiary/aromatic N) is 2. The summed E-state index contributed by atoms with van der Waals surface area (Å²) >= 11 is 0. The van der Waals surface area contributed by atoms with E-state index in [4.69, 9.17) is 4.74 Å². The van der Waals surface area contributed by atoms with E-state index >= 15 is 0 Å². The number of carbonyl (C=O) groups excluding carboxylic acids is 1. The van der Waals surface area contributed by atoms with Gasteiger partial charge in [0.2, 0.25) is 0 Å². The Morgan fingerprint density at radius 1 is 1.04 bits per heavy atom. The number of morpholine rings is 1. The first-order valence-electron chi connectivity index (χ1n) is 10.2. The number of rotatable bonds is 8. The van der Waals surface area contributed by atoms with Gasteiger partial charge in [0.25, 0.3) is 5.91 Å².